The van der Waals surface area contributed by atoms with E-state index in [-0.39, 0.29) is 0 Å². The van der Waals surface area contributed by atoms with Crippen molar-refractivity contribution in [3.8, 4) is 5.88 Å². The predicted molar refractivity (Wildman–Crippen MR) is 76.2 cm³/mol. The van der Waals surface area contributed by atoms with Gasteiger partial charge in [-0.3, -0.25) is 0 Å². The summed E-state index contributed by atoms with van der Waals surface area (Å²) >= 11 is 6.09. The van der Waals surface area contributed by atoms with Gasteiger partial charge in [-0.2, -0.15) is 0 Å². The smallest absolute Gasteiger partial charge is 0.213 e. The van der Waals surface area contributed by atoms with Crippen LogP contribution in [0.2, 0.25) is 5.02 Å². The van der Waals surface area contributed by atoms with Gasteiger partial charge in [-0.05, 0) is 24.9 Å². The Labute approximate surface area is 115 Å². The Morgan fingerprint density at radius 3 is 2.83 bits per heavy atom. The van der Waals surface area contributed by atoms with E-state index in [1.165, 1.54) is 12.8 Å². The van der Waals surface area contributed by atoms with E-state index in [0.717, 1.165) is 12.2 Å². The van der Waals surface area contributed by atoms with Crippen molar-refractivity contribution >= 4 is 11.6 Å². The van der Waals surface area contributed by atoms with Crippen LogP contribution in [0.5, 0.6) is 5.88 Å². The van der Waals surface area contributed by atoms with Crippen molar-refractivity contribution in [2.45, 2.75) is 40.2 Å². The molecule has 1 atom stereocenters. The molecule has 1 unspecified atom stereocenters. The summed E-state index contributed by atoms with van der Waals surface area (Å²) in [5, 5.41) is 3.90. The lowest BCUT2D eigenvalue weighted by Gasteiger charge is -2.12. The second kappa shape index (κ2) is 8.33. The normalized spacial score (nSPS) is 12.4. The van der Waals surface area contributed by atoms with Crippen LogP contribution in [-0.2, 0) is 6.54 Å². The van der Waals surface area contributed by atoms with Crippen LogP contribution in [0.15, 0.2) is 12.1 Å². The first-order valence-corrected chi connectivity index (χ1v) is 7.04. The molecular formula is C14H23ClN2O. The highest BCUT2D eigenvalue weighted by molar-refractivity contribution is 6.31. The van der Waals surface area contributed by atoms with Gasteiger partial charge in [-0.1, -0.05) is 38.8 Å². The van der Waals surface area contributed by atoms with E-state index in [1.807, 2.05) is 12.1 Å². The minimum absolute atomic E-state index is 0.560. The maximum absolute atomic E-state index is 6.09. The molecule has 102 valence electrons. The summed E-state index contributed by atoms with van der Waals surface area (Å²) in [6.45, 7) is 8.72. The largest absolute Gasteiger partial charge is 0.477 e. The SMILES string of the molecule is CCCC(C)COc1ccc(Cl)c(CNCC)n1. The van der Waals surface area contributed by atoms with Crippen LogP contribution in [0, 0.1) is 5.92 Å². The number of ether oxygens (including phenoxy) is 1. The Bertz CT molecular complexity index is 358. The van der Waals surface area contributed by atoms with Crippen molar-refractivity contribution in [2.24, 2.45) is 5.92 Å². The van der Waals surface area contributed by atoms with Crippen LogP contribution in [0.1, 0.15) is 39.3 Å². The first-order valence-electron chi connectivity index (χ1n) is 6.66. The highest BCUT2D eigenvalue weighted by atomic mass is 35.5. The maximum atomic E-state index is 6.09. The molecule has 0 fully saturated rings. The molecule has 0 radical (unpaired) electrons. The van der Waals surface area contributed by atoms with Gasteiger partial charge in [-0.15, -0.1) is 0 Å². The topological polar surface area (TPSA) is 34.1 Å². The number of hydrogen-bond acceptors (Lipinski definition) is 3. The Kier molecular flexibility index (Phi) is 7.06. The molecular weight excluding hydrogens is 248 g/mol. The molecule has 1 aromatic rings. The molecule has 0 amide bonds. The van der Waals surface area contributed by atoms with E-state index < -0.39 is 0 Å². The Morgan fingerprint density at radius 2 is 2.17 bits per heavy atom. The van der Waals surface area contributed by atoms with Gasteiger partial charge in [0, 0.05) is 12.6 Å². The first kappa shape index (κ1) is 15.3. The molecule has 18 heavy (non-hydrogen) atoms. The van der Waals surface area contributed by atoms with E-state index in [9.17, 15) is 0 Å². The molecule has 1 N–H and O–H groups in total. The average Bonchev–Trinajstić information content (AvgIpc) is 2.36. The number of aromatic nitrogens is 1. The molecule has 0 aliphatic rings. The van der Waals surface area contributed by atoms with Gasteiger partial charge >= 0.3 is 0 Å². The van der Waals surface area contributed by atoms with Crippen LogP contribution in [0.4, 0.5) is 0 Å². The first-order chi connectivity index (χ1) is 8.67. The van der Waals surface area contributed by atoms with Crippen LogP contribution in [0.3, 0.4) is 0 Å². The van der Waals surface area contributed by atoms with Gasteiger partial charge in [0.05, 0.1) is 17.3 Å². The van der Waals surface area contributed by atoms with Gasteiger partial charge in [-0.25, -0.2) is 4.98 Å². The lowest BCUT2D eigenvalue weighted by molar-refractivity contribution is 0.242. The van der Waals surface area contributed by atoms with Gasteiger partial charge < -0.3 is 10.1 Å². The molecule has 0 aliphatic heterocycles. The molecule has 1 aromatic heterocycles. The van der Waals surface area contributed by atoms with E-state index in [4.69, 9.17) is 16.3 Å². The number of rotatable bonds is 8. The fourth-order valence-electron chi connectivity index (χ4n) is 1.72. The minimum Gasteiger partial charge on any atom is -0.477 e. The number of nitrogens with one attached hydrogen (secondary N) is 1. The van der Waals surface area contributed by atoms with Crippen molar-refractivity contribution in [1.82, 2.24) is 10.3 Å². The highest BCUT2D eigenvalue weighted by Gasteiger charge is 2.06. The average molecular weight is 271 g/mol. The van der Waals surface area contributed by atoms with Crippen LogP contribution < -0.4 is 10.1 Å². The van der Waals surface area contributed by atoms with Crippen LogP contribution in [0.25, 0.3) is 0 Å². The molecule has 0 bridgehead atoms. The zero-order valence-corrected chi connectivity index (χ0v) is 12.3. The highest BCUT2D eigenvalue weighted by Crippen LogP contribution is 2.18. The second-order valence-corrected chi connectivity index (χ2v) is 4.97. The summed E-state index contributed by atoms with van der Waals surface area (Å²) in [5.41, 5.74) is 0.846. The van der Waals surface area contributed by atoms with Crippen molar-refractivity contribution in [1.29, 1.82) is 0 Å². The van der Waals surface area contributed by atoms with Crippen molar-refractivity contribution in [3.63, 3.8) is 0 Å². The predicted octanol–water partition coefficient (Wildman–Crippen LogP) is 3.66. The Hall–Kier alpha value is -0.800. The monoisotopic (exact) mass is 270 g/mol. The number of halogens is 1. The standard InChI is InChI=1S/C14H23ClN2O/c1-4-6-11(3)10-18-14-8-7-12(15)13(17-14)9-16-5-2/h7-8,11,16H,4-6,9-10H2,1-3H3. The molecule has 0 aliphatic carbocycles. The van der Waals surface area contributed by atoms with E-state index >= 15 is 0 Å². The third-order valence-corrected chi connectivity index (χ3v) is 3.08. The molecule has 0 aromatic carbocycles. The number of nitrogens with zero attached hydrogens (tertiary/aromatic N) is 1. The zero-order chi connectivity index (χ0) is 13.4. The van der Waals surface area contributed by atoms with E-state index in [0.29, 0.717) is 30.0 Å². The fourth-order valence-corrected chi connectivity index (χ4v) is 1.89. The summed E-state index contributed by atoms with van der Waals surface area (Å²) in [7, 11) is 0. The zero-order valence-electron chi connectivity index (χ0n) is 11.5. The second-order valence-electron chi connectivity index (χ2n) is 4.56. The lowest BCUT2D eigenvalue weighted by Crippen LogP contribution is -2.14. The molecule has 4 heteroatoms. The number of hydrogen-bond donors (Lipinski definition) is 1. The summed E-state index contributed by atoms with van der Waals surface area (Å²) in [6.07, 6.45) is 2.36. The van der Waals surface area contributed by atoms with Gasteiger partial charge in [0.2, 0.25) is 5.88 Å². The van der Waals surface area contributed by atoms with Gasteiger partial charge in [0.1, 0.15) is 0 Å². The molecule has 3 nitrogen and oxygen atoms in total. The quantitative estimate of drug-likeness (QED) is 0.783. The lowest BCUT2D eigenvalue weighted by atomic mass is 10.1. The van der Waals surface area contributed by atoms with Crippen LogP contribution in [-0.4, -0.2) is 18.1 Å². The van der Waals surface area contributed by atoms with Crippen molar-refractivity contribution in [3.05, 3.63) is 22.8 Å². The fraction of sp³-hybridized carbons (Fsp3) is 0.643. The Balaban J connectivity index is 2.55. The molecule has 1 heterocycles. The van der Waals surface area contributed by atoms with Crippen molar-refractivity contribution < 1.29 is 4.74 Å². The third kappa shape index (κ3) is 5.23. The summed E-state index contributed by atoms with van der Waals surface area (Å²) in [6, 6.07) is 3.68. The summed E-state index contributed by atoms with van der Waals surface area (Å²) in [5.74, 6) is 1.22. The maximum Gasteiger partial charge on any atom is 0.213 e. The summed E-state index contributed by atoms with van der Waals surface area (Å²) < 4.78 is 5.70. The van der Waals surface area contributed by atoms with Crippen molar-refractivity contribution in [2.75, 3.05) is 13.2 Å². The third-order valence-electron chi connectivity index (χ3n) is 2.73. The molecule has 1 rings (SSSR count). The van der Waals surface area contributed by atoms with E-state index in [2.05, 4.69) is 31.1 Å². The minimum atomic E-state index is 0.560. The van der Waals surface area contributed by atoms with E-state index in [1.54, 1.807) is 0 Å². The number of pyridine rings is 1. The van der Waals surface area contributed by atoms with Crippen LogP contribution >= 0.6 is 11.6 Å². The van der Waals surface area contributed by atoms with Gasteiger partial charge in [0.15, 0.2) is 0 Å². The molecule has 0 spiro atoms. The summed E-state index contributed by atoms with van der Waals surface area (Å²) in [4.78, 5) is 4.43. The molecule has 0 saturated heterocycles. The van der Waals surface area contributed by atoms with Gasteiger partial charge in [0.25, 0.3) is 0 Å². The molecule has 0 saturated carbocycles. The Morgan fingerprint density at radius 1 is 1.39 bits per heavy atom.